The lowest BCUT2D eigenvalue weighted by atomic mass is 9.48. The number of benzene rings is 2. The lowest BCUT2D eigenvalue weighted by Crippen LogP contribution is -2.53. The minimum atomic E-state index is 0.188. The number of amides is 1. The fourth-order valence-corrected chi connectivity index (χ4v) is 4.92. The van der Waals surface area contributed by atoms with Gasteiger partial charge >= 0.3 is 0 Å². The minimum Gasteiger partial charge on any atom is -0.326 e. The average Bonchev–Trinajstić information content (AvgIpc) is 2.58. The molecule has 1 N–H and O–H groups in total. The van der Waals surface area contributed by atoms with Crippen molar-refractivity contribution in [2.45, 2.75) is 25.2 Å². The van der Waals surface area contributed by atoms with Gasteiger partial charge in [-0.05, 0) is 83.0 Å². The molecule has 0 unspecified atom stereocenters. The van der Waals surface area contributed by atoms with E-state index in [1.54, 1.807) is 0 Å². The maximum absolute atomic E-state index is 12.8. The molecule has 2 aliphatic rings. The Morgan fingerprint density at radius 3 is 2.26 bits per heavy atom. The van der Waals surface area contributed by atoms with E-state index < -0.39 is 0 Å². The van der Waals surface area contributed by atoms with Crippen molar-refractivity contribution in [3.63, 3.8) is 0 Å². The summed E-state index contributed by atoms with van der Waals surface area (Å²) >= 11 is 2.28. The van der Waals surface area contributed by atoms with Crippen LogP contribution in [0.4, 0.5) is 5.69 Å². The molecule has 2 aliphatic carbocycles. The normalized spacial score (nSPS) is 28.7. The fourth-order valence-electron chi connectivity index (χ4n) is 4.56. The molecular weight excluding hydrogens is 397 g/mol. The van der Waals surface area contributed by atoms with Gasteiger partial charge in [0.1, 0.15) is 0 Å². The van der Waals surface area contributed by atoms with Crippen molar-refractivity contribution in [2.75, 3.05) is 5.32 Å². The highest BCUT2D eigenvalue weighted by Crippen LogP contribution is 2.60. The van der Waals surface area contributed by atoms with Crippen LogP contribution in [-0.2, 0) is 4.79 Å². The zero-order valence-corrected chi connectivity index (χ0v) is 15.1. The third kappa shape index (κ3) is 2.80. The monoisotopic (exact) mass is 417 g/mol. The van der Waals surface area contributed by atoms with E-state index in [2.05, 4.69) is 58.2 Å². The van der Waals surface area contributed by atoms with Crippen molar-refractivity contribution in [3.8, 4) is 0 Å². The smallest absolute Gasteiger partial charge is 0.228 e. The predicted molar refractivity (Wildman–Crippen MR) is 101 cm³/mol. The van der Waals surface area contributed by atoms with Gasteiger partial charge in [-0.25, -0.2) is 0 Å². The molecule has 0 radical (unpaired) electrons. The summed E-state index contributed by atoms with van der Waals surface area (Å²) in [7, 11) is 0. The molecule has 0 saturated heterocycles. The number of nitrogens with one attached hydrogen (secondary N) is 1. The summed E-state index contributed by atoms with van der Waals surface area (Å²) in [5, 5.41) is 3.13. The van der Waals surface area contributed by atoms with Gasteiger partial charge in [0.05, 0.1) is 0 Å². The van der Waals surface area contributed by atoms with Crippen LogP contribution in [0.5, 0.6) is 0 Å². The lowest BCUT2D eigenvalue weighted by molar-refractivity contribution is -0.135. The van der Waals surface area contributed by atoms with Crippen LogP contribution in [0.2, 0.25) is 0 Å². The van der Waals surface area contributed by atoms with Crippen molar-refractivity contribution in [2.24, 2.45) is 17.8 Å². The molecule has 2 aromatic rings. The second-order valence-corrected chi connectivity index (χ2v) is 7.96. The molecule has 2 fully saturated rings. The number of hydrogen-bond acceptors (Lipinski definition) is 1. The topological polar surface area (TPSA) is 29.1 Å². The van der Waals surface area contributed by atoms with E-state index in [-0.39, 0.29) is 11.8 Å². The van der Waals surface area contributed by atoms with Gasteiger partial charge in [-0.15, -0.1) is 0 Å². The number of fused-ring (bicyclic) bond motifs is 2. The average molecular weight is 417 g/mol. The molecule has 2 aromatic carbocycles. The number of carbonyl (C=O) groups is 1. The zero-order chi connectivity index (χ0) is 15.8. The Morgan fingerprint density at radius 2 is 1.61 bits per heavy atom. The number of carbonyl (C=O) groups excluding carboxylic acids is 1. The number of hydrogen-bond donors (Lipinski definition) is 1. The Labute approximate surface area is 150 Å². The third-order valence-electron chi connectivity index (χ3n) is 5.52. The highest BCUT2D eigenvalue weighted by atomic mass is 127. The molecule has 0 aliphatic heterocycles. The standard InChI is InChI=1S/C20H20INO/c21-14-9-11-15(12-10-14)22-20(23)19-16-7-4-8-17(19)18(16)13-5-2-1-3-6-13/h1-3,5-6,9-12,16-19H,4,7-8H2,(H,22,23)/t16-,17-,18?,19?/m0/s1. The van der Waals surface area contributed by atoms with Crippen LogP contribution < -0.4 is 5.32 Å². The quantitative estimate of drug-likeness (QED) is 0.696. The van der Waals surface area contributed by atoms with E-state index in [1.807, 2.05) is 24.3 Å². The summed E-state index contributed by atoms with van der Waals surface area (Å²) in [4.78, 5) is 12.8. The first kappa shape index (κ1) is 15.2. The second-order valence-electron chi connectivity index (χ2n) is 6.72. The van der Waals surface area contributed by atoms with Gasteiger partial charge in [-0.1, -0.05) is 36.8 Å². The van der Waals surface area contributed by atoms with Crippen LogP contribution in [0.15, 0.2) is 54.6 Å². The highest BCUT2D eigenvalue weighted by Gasteiger charge is 2.55. The zero-order valence-electron chi connectivity index (χ0n) is 12.9. The van der Waals surface area contributed by atoms with E-state index in [4.69, 9.17) is 0 Å². The van der Waals surface area contributed by atoms with Crippen molar-refractivity contribution < 1.29 is 4.79 Å². The molecule has 3 heteroatoms. The van der Waals surface area contributed by atoms with Gasteiger partial charge in [-0.3, -0.25) is 4.79 Å². The molecule has 2 bridgehead atoms. The van der Waals surface area contributed by atoms with Crippen LogP contribution in [0.1, 0.15) is 30.7 Å². The predicted octanol–water partition coefficient (Wildman–Crippen LogP) is 5.06. The number of rotatable bonds is 3. The fraction of sp³-hybridized carbons (Fsp3) is 0.350. The summed E-state index contributed by atoms with van der Waals surface area (Å²) in [6, 6.07) is 18.8. The van der Waals surface area contributed by atoms with E-state index >= 15 is 0 Å². The van der Waals surface area contributed by atoms with Crippen LogP contribution in [-0.4, -0.2) is 5.91 Å². The molecule has 0 spiro atoms. The van der Waals surface area contributed by atoms with Gasteiger partial charge in [0.2, 0.25) is 5.91 Å². The molecule has 1 amide bonds. The summed E-state index contributed by atoms with van der Waals surface area (Å²) in [5.41, 5.74) is 2.33. The molecule has 118 valence electrons. The van der Waals surface area contributed by atoms with E-state index in [0.29, 0.717) is 17.8 Å². The van der Waals surface area contributed by atoms with Crippen molar-refractivity contribution >= 4 is 34.2 Å². The molecule has 0 aromatic heterocycles. The first-order valence-corrected chi connectivity index (χ1v) is 9.43. The largest absolute Gasteiger partial charge is 0.326 e. The molecule has 2 nitrogen and oxygen atoms in total. The van der Waals surface area contributed by atoms with Gasteiger partial charge < -0.3 is 5.32 Å². The summed E-state index contributed by atoms with van der Waals surface area (Å²) < 4.78 is 1.19. The van der Waals surface area contributed by atoms with E-state index in [1.165, 1.54) is 28.4 Å². The van der Waals surface area contributed by atoms with Gasteiger partial charge in [-0.2, -0.15) is 0 Å². The summed E-state index contributed by atoms with van der Waals surface area (Å²) in [5.74, 6) is 2.01. The maximum Gasteiger partial charge on any atom is 0.228 e. The number of anilines is 1. The lowest BCUT2D eigenvalue weighted by Gasteiger charge is -2.55. The Balaban J connectivity index is 1.50. The van der Waals surface area contributed by atoms with Crippen LogP contribution in [0.3, 0.4) is 0 Å². The van der Waals surface area contributed by atoms with Crippen LogP contribution in [0.25, 0.3) is 0 Å². The third-order valence-corrected chi connectivity index (χ3v) is 6.24. The summed E-state index contributed by atoms with van der Waals surface area (Å²) in [6.07, 6.45) is 3.63. The second kappa shape index (κ2) is 6.27. The van der Waals surface area contributed by atoms with Crippen molar-refractivity contribution in [1.82, 2.24) is 0 Å². The van der Waals surface area contributed by atoms with Crippen LogP contribution >= 0.6 is 22.6 Å². The summed E-state index contributed by atoms with van der Waals surface area (Å²) in [6.45, 7) is 0. The molecule has 0 heterocycles. The minimum absolute atomic E-state index is 0.188. The first-order valence-electron chi connectivity index (χ1n) is 8.35. The van der Waals surface area contributed by atoms with Crippen LogP contribution in [0, 0.1) is 21.3 Å². The number of halogens is 1. The van der Waals surface area contributed by atoms with Crippen molar-refractivity contribution in [1.29, 1.82) is 0 Å². The molecule has 23 heavy (non-hydrogen) atoms. The molecular formula is C20H20INO. The van der Waals surface area contributed by atoms with E-state index in [9.17, 15) is 4.79 Å². The van der Waals surface area contributed by atoms with Crippen molar-refractivity contribution in [3.05, 3.63) is 63.7 Å². The Hall–Kier alpha value is -1.36. The Bertz CT molecular complexity index is 685. The Kier molecular flexibility index (Phi) is 4.14. The molecule has 2 atom stereocenters. The molecule has 4 rings (SSSR count). The molecule has 2 saturated carbocycles. The SMILES string of the molecule is O=C(Nc1ccc(I)cc1)C1[C@H]2CCC[C@H]1C2c1ccccc1. The van der Waals surface area contributed by atoms with Gasteiger partial charge in [0.25, 0.3) is 0 Å². The maximum atomic E-state index is 12.8. The van der Waals surface area contributed by atoms with Gasteiger partial charge in [0, 0.05) is 15.2 Å². The Morgan fingerprint density at radius 1 is 0.957 bits per heavy atom. The van der Waals surface area contributed by atoms with Gasteiger partial charge in [0.15, 0.2) is 0 Å². The first-order chi connectivity index (χ1) is 11.2. The van der Waals surface area contributed by atoms with E-state index in [0.717, 1.165) is 5.69 Å². The highest BCUT2D eigenvalue weighted by molar-refractivity contribution is 14.1.